The number of halogens is 1. The average Bonchev–Trinajstić information content (AvgIpc) is 2.25. The van der Waals surface area contributed by atoms with Crippen molar-refractivity contribution in [3.8, 4) is 5.75 Å². The summed E-state index contributed by atoms with van der Waals surface area (Å²) >= 11 is 5.74. The van der Waals surface area contributed by atoms with Crippen LogP contribution < -0.4 is 10.1 Å². The largest absolute Gasteiger partial charge is 0.484 e. The lowest BCUT2D eigenvalue weighted by Crippen LogP contribution is -2.35. The molecule has 0 aliphatic heterocycles. The Balaban J connectivity index is 2.31. The van der Waals surface area contributed by atoms with Crippen molar-refractivity contribution < 1.29 is 9.53 Å². The Kier molecular flexibility index (Phi) is 4.82. The molecule has 3 nitrogen and oxygen atoms in total. The molecular formula is C13H18ClNO2. The first-order chi connectivity index (χ1) is 7.87. The number of ether oxygens (including phenoxy) is 1. The van der Waals surface area contributed by atoms with Crippen LogP contribution in [0.5, 0.6) is 5.75 Å². The van der Waals surface area contributed by atoms with Crippen LogP contribution in [0.25, 0.3) is 0 Å². The highest BCUT2D eigenvalue weighted by Gasteiger charge is 2.11. The summed E-state index contributed by atoms with van der Waals surface area (Å²) in [6.45, 7) is 6.85. The van der Waals surface area contributed by atoms with Gasteiger partial charge in [0.2, 0.25) is 0 Å². The van der Waals surface area contributed by atoms with E-state index in [4.69, 9.17) is 16.3 Å². The van der Waals surface area contributed by atoms with Crippen molar-refractivity contribution in [3.05, 3.63) is 29.3 Å². The molecule has 17 heavy (non-hydrogen) atoms. The predicted octanol–water partition coefficient (Wildman–Crippen LogP) is 2.88. The minimum absolute atomic E-state index is 0.0255. The highest BCUT2D eigenvalue weighted by atomic mass is 35.5. The highest BCUT2D eigenvalue weighted by molar-refractivity contribution is 6.30. The van der Waals surface area contributed by atoms with Crippen molar-refractivity contribution >= 4 is 17.5 Å². The predicted molar refractivity (Wildman–Crippen MR) is 69.4 cm³/mol. The van der Waals surface area contributed by atoms with E-state index in [1.807, 2.05) is 0 Å². The van der Waals surface area contributed by atoms with Crippen LogP contribution in [-0.2, 0) is 4.79 Å². The number of nitrogens with one attached hydrogen (secondary N) is 1. The molecule has 4 heteroatoms. The molecule has 1 N–H and O–H groups in total. The van der Waals surface area contributed by atoms with E-state index in [9.17, 15) is 4.79 Å². The summed E-state index contributed by atoms with van der Waals surface area (Å²) in [5.74, 6) is 0.523. The fourth-order valence-electron chi connectivity index (χ4n) is 1.09. The van der Waals surface area contributed by atoms with Gasteiger partial charge >= 0.3 is 0 Å². The second kappa shape index (κ2) is 5.92. The number of amides is 1. The molecule has 1 amide bonds. The standard InChI is InChI=1S/C13H18ClNO2/c1-13(2,3)9-15-12(16)8-17-11-6-4-10(14)5-7-11/h4-7H,8-9H2,1-3H3,(H,15,16). The first kappa shape index (κ1) is 13.8. The Morgan fingerprint density at radius 3 is 2.41 bits per heavy atom. The van der Waals surface area contributed by atoms with E-state index in [2.05, 4.69) is 26.1 Å². The SMILES string of the molecule is CC(C)(C)CNC(=O)COc1ccc(Cl)cc1. The second-order valence-electron chi connectivity index (χ2n) is 5.08. The van der Waals surface area contributed by atoms with E-state index in [0.717, 1.165) is 0 Å². The quantitative estimate of drug-likeness (QED) is 0.899. The Bertz CT molecular complexity index is 368. The van der Waals surface area contributed by atoms with E-state index in [1.165, 1.54) is 0 Å². The van der Waals surface area contributed by atoms with Gasteiger partial charge in [-0.2, -0.15) is 0 Å². The third kappa shape index (κ3) is 6.17. The molecule has 0 aromatic heterocycles. The maximum atomic E-state index is 11.5. The summed E-state index contributed by atoms with van der Waals surface area (Å²) in [4.78, 5) is 11.5. The van der Waals surface area contributed by atoms with Crippen LogP contribution >= 0.6 is 11.6 Å². The van der Waals surface area contributed by atoms with Crippen molar-refractivity contribution in [3.63, 3.8) is 0 Å². The lowest BCUT2D eigenvalue weighted by molar-refractivity contribution is -0.123. The molecule has 0 radical (unpaired) electrons. The number of benzene rings is 1. The molecule has 0 fully saturated rings. The van der Waals surface area contributed by atoms with Gasteiger partial charge in [0.1, 0.15) is 5.75 Å². The maximum absolute atomic E-state index is 11.5. The van der Waals surface area contributed by atoms with Gasteiger partial charge in [0.05, 0.1) is 0 Å². The van der Waals surface area contributed by atoms with Gasteiger partial charge in [0.25, 0.3) is 5.91 Å². The molecule has 0 aliphatic rings. The van der Waals surface area contributed by atoms with Gasteiger partial charge in [-0.15, -0.1) is 0 Å². The van der Waals surface area contributed by atoms with Crippen molar-refractivity contribution in [2.24, 2.45) is 5.41 Å². The fraction of sp³-hybridized carbons (Fsp3) is 0.462. The van der Waals surface area contributed by atoms with Crippen molar-refractivity contribution in [2.75, 3.05) is 13.2 Å². The molecule has 0 atom stereocenters. The van der Waals surface area contributed by atoms with E-state index in [1.54, 1.807) is 24.3 Å². The van der Waals surface area contributed by atoms with Gasteiger partial charge in [0.15, 0.2) is 6.61 Å². The van der Waals surface area contributed by atoms with Crippen LogP contribution in [-0.4, -0.2) is 19.1 Å². The number of hydrogen-bond donors (Lipinski definition) is 1. The van der Waals surface area contributed by atoms with Crippen molar-refractivity contribution in [1.29, 1.82) is 0 Å². The van der Waals surface area contributed by atoms with Crippen LogP contribution in [0.1, 0.15) is 20.8 Å². The number of carbonyl (C=O) groups is 1. The summed E-state index contributed by atoms with van der Waals surface area (Å²) in [5, 5.41) is 3.46. The van der Waals surface area contributed by atoms with Gasteiger partial charge in [-0.1, -0.05) is 32.4 Å². The Morgan fingerprint density at radius 1 is 1.29 bits per heavy atom. The topological polar surface area (TPSA) is 38.3 Å². The summed E-state index contributed by atoms with van der Waals surface area (Å²) in [5.41, 5.74) is 0.0793. The molecule has 1 aromatic carbocycles. The van der Waals surface area contributed by atoms with E-state index >= 15 is 0 Å². The third-order valence-corrected chi connectivity index (χ3v) is 2.25. The van der Waals surface area contributed by atoms with E-state index < -0.39 is 0 Å². The smallest absolute Gasteiger partial charge is 0.257 e. The molecule has 0 unspecified atom stereocenters. The number of carbonyl (C=O) groups excluding carboxylic acids is 1. The molecule has 1 aromatic rings. The average molecular weight is 256 g/mol. The van der Waals surface area contributed by atoms with Gasteiger partial charge in [-0.25, -0.2) is 0 Å². The molecular weight excluding hydrogens is 238 g/mol. The first-order valence-electron chi connectivity index (χ1n) is 5.52. The van der Waals surface area contributed by atoms with Gasteiger partial charge < -0.3 is 10.1 Å². The van der Waals surface area contributed by atoms with Gasteiger partial charge in [-0.3, -0.25) is 4.79 Å². The molecule has 0 bridgehead atoms. The lowest BCUT2D eigenvalue weighted by Gasteiger charge is -2.18. The summed E-state index contributed by atoms with van der Waals surface area (Å²) in [7, 11) is 0. The number of rotatable bonds is 4. The maximum Gasteiger partial charge on any atom is 0.257 e. The zero-order chi connectivity index (χ0) is 12.9. The monoisotopic (exact) mass is 255 g/mol. The van der Waals surface area contributed by atoms with Gasteiger partial charge in [-0.05, 0) is 29.7 Å². The minimum atomic E-state index is -0.116. The summed E-state index contributed by atoms with van der Waals surface area (Å²) in [6.07, 6.45) is 0. The molecule has 0 aliphatic carbocycles. The summed E-state index contributed by atoms with van der Waals surface area (Å²) < 4.78 is 5.32. The first-order valence-corrected chi connectivity index (χ1v) is 5.90. The Morgan fingerprint density at radius 2 is 1.88 bits per heavy atom. The lowest BCUT2D eigenvalue weighted by atomic mass is 9.97. The van der Waals surface area contributed by atoms with Crippen LogP contribution in [0.4, 0.5) is 0 Å². The zero-order valence-electron chi connectivity index (χ0n) is 10.4. The minimum Gasteiger partial charge on any atom is -0.484 e. The molecule has 0 saturated heterocycles. The van der Waals surface area contributed by atoms with Crippen molar-refractivity contribution in [2.45, 2.75) is 20.8 Å². The number of hydrogen-bond acceptors (Lipinski definition) is 2. The van der Waals surface area contributed by atoms with Crippen LogP contribution in [0, 0.1) is 5.41 Å². The highest BCUT2D eigenvalue weighted by Crippen LogP contribution is 2.15. The second-order valence-corrected chi connectivity index (χ2v) is 5.52. The molecule has 0 spiro atoms. The third-order valence-electron chi connectivity index (χ3n) is 2.00. The Hall–Kier alpha value is -1.22. The Labute approximate surface area is 107 Å². The molecule has 0 saturated carbocycles. The van der Waals surface area contributed by atoms with Crippen molar-refractivity contribution in [1.82, 2.24) is 5.32 Å². The van der Waals surface area contributed by atoms with Crippen LogP contribution in [0.2, 0.25) is 5.02 Å². The van der Waals surface area contributed by atoms with Gasteiger partial charge in [0, 0.05) is 11.6 Å². The zero-order valence-corrected chi connectivity index (χ0v) is 11.2. The molecule has 0 heterocycles. The fourth-order valence-corrected chi connectivity index (χ4v) is 1.22. The van der Waals surface area contributed by atoms with E-state index in [-0.39, 0.29) is 17.9 Å². The van der Waals surface area contributed by atoms with Crippen LogP contribution in [0.3, 0.4) is 0 Å². The van der Waals surface area contributed by atoms with E-state index in [0.29, 0.717) is 17.3 Å². The summed E-state index contributed by atoms with van der Waals surface area (Å²) in [6, 6.07) is 6.92. The normalized spacial score (nSPS) is 11.1. The van der Waals surface area contributed by atoms with Crippen LogP contribution in [0.15, 0.2) is 24.3 Å². The molecule has 94 valence electrons. The molecule has 1 rings (SSSR count).